The van der Waals surface area contributed by atoms with Crippen LogP contribution in [0, 0.1) is 13.8 Å². The minimum Gasteiger partial charge on any atom is -0.334 e. The van der Waals surface area contributed by atoms with Crippen molar-refractivity contribution in [2.24, 2.45) is 5.73 Å². The molecule has 0 aromatic carbocycles. The molecule has 2 N–H and O–H groups in total. The molecule has 6 nitrogen and oxygen atoms in total. The molecule has 1 saturated carbocycles. The Morgan fingerprint density at radius 1 is 1.29 bits per heavy atom. The zero-order valence-corrected chi connectivity index (χ0v) is 13.5. The number of hydrogen-bond acceptors (Lipinski definition) is 5. The first kappa shape index (κ1) is 16.0. The third-order valence-electron chi connectivity index (χ3n) is 4.26. The van der Waals surface area contributed by atoms with Crippen LogP contribution in [0.5, 0.6) is 0 Å². The first-order valence-corrected chi connectivity index (χ1v) is 7.22. The van der Waals surface area contributed by atoms with Crippen molar-refractivity contribution in [2.75, 3.05) is 0 Å². The fourth-order valence-corrected chi connectivity index (χ4v) is 3.07. The van der Waals surface area contributed by atoms with Gasteiger partial charge in [-0.2, -0.15) is 10.1 Å². The lowest BCUT2D eigenvalue weighted by atomic mass is 9.98. The van der Waals surface area contributed by atoms with Gasteiger partial charge in [0.1, 0.15) is 0 Å². The fourth-order valence-electron chi connectivity index (χ4n) is 3.07. The molecular weight excluding hydrogens is 290 g/mol. The van der Waals surface area contributed by atoms with E-state index >= 15 is 0 Å². The molecule has 21 heavy (non-hydrogen) atoms. The lowest BCUT2D eigenvalue weighted by molar-refractivity contribution is 0.372. The smallest absolute Gasteiger partial charge is 0.261 e. The quantitative estimate of drug-likeness (QED) is 0.942. The van der Waals surface area contributed by atoms with E-state index in [9.17, 15) is 0 Å². The summed E-state index contributed by atoms with van der Waals surface area (Å²) in [5, 5.41) is 8.60. The van der Waals surface area contributed by atoms with Crippen molar-refractivity contribution in [3.63, 3.8) is 0 Å². The summed E-state index contributed by atoms with van der Waals surface area (Å²) in [6, 6.07) is 0. The van der Waals surface area contributed by atoms with Crippen LogP contribution in [0.25, 0.3) is 11.5 Å². The van der Waals surface area contributed by atoms with Crippen molar-refractivity contribution in [2.45, 2.75) is 58.5 Å². The van der Waals surface area contributed by atoms with Crippen molar-refractivity contribution in [3.05, 3.63) is 17.2 Å². The van der Waals surface area contributed by atoms with Crippen LogP contribution in [0.3, 0.4) is 0 Å². The van der Waals surface area contributed by atoms with Crippen LogP contribution in [-0.2, 0) is 12.1 Å². The van der Waals surface area contributed by atoms with E-state index in [2.05, 4.69) is 22.2 Å². The largest absolute Gasteiger partial charge is 0.334 e. The summed E-state index contributed by atoms with van der Waals surface area (Å²) in [6.45, 7) is 6.88. The van der Waals surface area contributed by atoms with Gasteiger partial charge in [-0.3, -0.25) is 4.68 Å². The van der Waals surface area contributed by atoms with E-state index in [4.69, 9.17) is 10.3 Å². The molecule has 2 aromatic heterocycles. The van der Waals surface area contributed by atoms with Crippen LogP contribution in [0.2, 0.25) is 0 Å². The number of nitrogens with two attached hydrogens (primary N) is 1. The van der Waals surface area contributed by atoms with Crippen LogP contribution in [0.1, 0.15) is 49.8 Å². The minimum absolute atomic E-state index is 0. The van der Waals surface area contributed by atoms with Crippen molar-refractivity contribution in [1.29, 1.82) is 0 Å². The van der Waals surface area contributed by atoms with Crippen molar-refractivity contribution < 1.29 is 4.52 Å². The summed E-state index contributed by atoms with van der Waals surface area (Å²) in [6.07, 6.45) is 4.12. The molecule has 1 aliphatic rings. The number of aryl methyl sites for hydroxylation is 2. The van der Waals surface area contributed by atoms with Gasteiger partial charge in [0.05, 0.1) is 16.8 Å². The Morgan fingerprint density at radius 2 is 1.95 bits per heavy atom. The molecule has 1 fully saturated rings. The number of rotatable bonds is 3. The average Bonchev–Trinajstić information content (AvgIpc) is 3.10. The van der Waals surface area contributed by atoms with Crippen molar-refractivity contribution in [3.8, 4) is 11.5 Å². The molecule has 3 rings (SSSR count). The van der Waals surface area contributed by atoms with Crippen molar-refractivity contribution in [1.82, 2.24) is 19.9 Å². The monoisotopic (exact) mass is 311 g/mol. The highest BCUT2D eigenvalue weighted by Crippen LogP contribution is 2.36. The maximum atomic E-state index is 6.37. The molecule has 7 heteroatoms. The molecule has 0 amide bonds. The topological polar surface area (TPSA) is 82.8 Å². The van der Waals surface area contributed by atoms with Crippen molar-refractivity contribution >= 4 is 12.4 Å². The number of hydrogen-bond donors (Lipinski definition) is 1. The second-order valence-corrected chi connectivity index (χ2v) is 5.65. The van der Waals surface area contributed by atoms with Crippen LogP contribution in [-0.4, -0.2) is 19.9 Å². The second kappa shape index (κ2) is 5.77. The van der Waals surface area contributed by atoms with Crippen LogP contribution in [0.15, 0.2) is 4.52 Å². The summed E-state index contributed by atoms with van der Waals surface area (Å²) in [7, 11) is 0. The van der Waals surface area contributed by atoms with E-state index in [-0.39, 0.29) is 12.4 Å². The Kier molecular flexibility index (Phi) is 4.39. The molecule has 0 atom stereocenters. The Labute approximate surface area is 130 Å². The van der Waals surface area contributed by atoms with Gasteiger partial charge >= 0.3 is 0 Å². The van der Waals surface area contributed by atoms with Gasteiger partial charge in [-0.05, 0) is 33.6 Å². The first-order valence-electron chi connectivity index (χ1n) is 7.22. The molecule has 0 unspecified atom stereocenters. The lowest BCUT2D eigenvalue weighted by Gasteiger charge is -2.17. The maximum absolute atomic E-state index is 6.37. The molecular formula is C14H22ClN5O. The van der Waals surface area contributed by atoms with E-state index < -0.39 is 5.54 Å². The molecule has 0 radical (unpaired) electrons. The Bertz CT molecular complexity index is 627. The third-order valence-corrected chi connectivity index (χ3v) is 4.26. The Hall–Kier alpha value is -1.40. The molecule has 2 aromatic rings. The lowest BCUT2D eigenvalue weighted by Crippen LogP contribution is -2.34. The standard InChI is InChI=1S/C14H21N5O.ClH/c1-4-19-10(3)11(9(2)17-19)12-16-13(18-20-12)14(15)7-5-6-8-14;/h4-8,15H2,1-3H3;1H. The molecule has 2 heterocycles. The summed E-state index contributed by atoms with van der Waals surface area (Å²) < 4.78 is 7.40. The van der Waals surface area contributed by atoms with E-state index in [1.807, 2.05) is 18.5 Å². The molecule has 0 aliphatic heterocycles. The minimum atomic E-state index is -0.412. The Morgan fingerprint density at radius 3 is 2.52 bits per heavy atom. The fraction of sp³-hybridized carbons (Fsp3) is 0.643. The molecule has 116 valence electrons. The normalized spacial score (nSPS) is 17.0. The third kappa shape index (κ3) is 2.58. The average molecular weight is 312 g/mol. The summed E-state index contributed by atoms with van der Waals surface area (Å²) in [5.41, 5.74) is 8.87. The summed E-state index contributed by atoms with van der Waals surface area (Å²) >= 11 is 0. The Balaban J connectivity index is 0.00000161. The highest BCUT2D eigenvalue weighted by Gasteiger charge is 2.36. The predicted molar refractivity (Wildman–Crippen MR) is 82.2 cm³/mol. The van der Waals surface area contributed by atoms with E-state index in [0.717, 1.165) is 49.2 Å². The highest BCUT2D eigenvalue weighted by molar-refractivity contribution is 5.85. The number of halogens is 1. The van der Waals surface area contributed by atoms with E-state index in [1.54, 1.807) is 0 Å². The van der Waals surface area contributed by atoms with Gasteiger partial charge in [0.25, 0.3) is 5.89 Å². The molecule has 0 spiro atoms. The van der Waals surface area contributed by atoms with Gasteiger partial charge in [0.2, 0.25) is 0 Å². The zero-order chi connectivity index (χ0) is 14.3. The molecule has 0 bridgehead atoms. The first-order chi connectivity index (χ1) is 9.55. The zero-order valence-electron chi connectivity index (χ0n) is 12.7. The highest BCUT2D eigenvalue weighted by atomic mass is 35.5. The van der Waals surface area contributed by atoms with Gasteiger partial charge in [-0.15, -0.1) is 12.4 Å². The van der Waals surface area contributed by atoms with Crippen LogP contribution in [0.4, 0.5) is 0 Å². The van der Waals surface area contributed by atoms with E-state index in [0.29, 0.717) is 11.7 Å². The number of aromatic nitrogens is 4. The number of nitrogens with zero attached hydrogens (tertiary/aromatic N) is 4. The van der Waals surface area contributed by atoms with Gasteiger partial charge in [0, 0.05) is 12.2 Å². The molecule has 0 saturated heterocycles. The van der Waals surface area contributed by atoms with Crippen LogP contribution < -0.4 is 5.73 Å². The van der Waals surface area contributed by atoms with Gasteiger partial charge < -0.3 is 10.3 Å². The molecule has 1 aliphatic carbocycles. The van der Waals surface area contributed by atoms with Gasteiger partial charge in [0.15, 0.2) is 5.82 Å². The van der Waals surface area contributed by atoms with Crippen LogP contribution >= 0.6 is 12.4 Å². The SMILES string of the molecule is CCn1nc(C)c(-c2nc(C3(N)CCCC3)no2)c1C.Cl. The van der Waals surface area contributed by atoms with Gasteiger partial charge in [-0.1, -0.05) is 18.0 Å². The maximum Gasteiger partial charge on any atom is 0.261 e. The van der Waals surface area contributed by atoms with E-state index in [1.165, 1.54) is 0 Å². The summed E-state index contributed by atoms with van der Waals surface area (Å²) in [4.78, 5) is 4.55. The van der Waals surface area contributed by atoms with Gasteiger partial charge in [-0.25, -0.2) is 0 Å². The predicted octanol–water partition coefficient (Wildman–Crippen LogP) is 2.72. The summed E-state index contributed by atoms with van der Waals surface area (Å²) in [5.74, 6) is 1.17. The second-order valence-electron chi connectivity index (χ2n) is 5.65.